The second-order valence-corrected chi connectivity index (χ2v) is 14.5. The van der Waals surface area contributed by atoms with Crippen molar-refractivity contribution in [2.75, 3.05) is 13.2 Å². The van der Waals surface area contributed by atoms with Gasteiger partial charge in [0.05, 0.1) is 45.4 Å². The molecule has 2 aliphatic carbocycles. The van der Waals surface area contributed by atoms with Crippen molar-refractivity contribution in [3.05, 3.63) is 79.9 Å². The number of carbonyl (C=O) groups excluding carboxylic acids is 2. The molecule has 0 unspecified atom stereocenters. The predicted octanol–water partition coefficient (Wildman–Crippen LogP) is 7.15. The second-order valence-electron chi connectivity index (χ2n) is 14.5. The number of aliphatic hydroxyl groups is 2. The predicted molar refractivity (Wildman–Crippen MR) is 179 cm³/mol. The molecule has 0 amide bonds. The van der Waals surface area contributed by atoms with Gasteiger partial charge in [0, 0.05) is 24.3 Å². The van der Waals surface area contributed by atoms with Crippen LogP contribution in [0.15, 0.2) is 48.5 Å². The van der Waals surface area contributed by atoms with Crippen LogP contribution in [-0.2, 0) is 9.47 Å². The lowest BCUT2D eigenvalue weighted by Crippen LogP contribution is -2.44. The number of hydrogen-bond acceptors (Lipinski definition) is 10. The Morgan fingerprint density at radius 2 is 1.02 bits per heavy atom. The molecule has 8 atom stereocenters. The molecule has 48 heavy (non-hydrogen) atoms. The van der Waals surface area contributed by atoms with E-state index in [1.54, 1.807) is 0 Å². The molecule has 2 aromatic rings. The first kappa shape index (κ1) is 38.5. The SMILES string of the molecule is C[C@@H]1CC[C@@H]([C@@H](C)COC(=O)c2ccc([N+](=O)[O-])cc2)[C@@](C)(O)C1.C[C@@H]1CC[C@@H]([C@@H](C)COC(=O)c2ccc([N+](=O)[O-])cc2)[C@@](C)(O)C1. The highest BCUT2D eigenvalue weighted by atomic mass is 16.6. The van der Waals surface area contributed by atoms with Crippen LogP contribution in [0.1, 0.15) is 101 Å². The topological polar surface area (TPSA) is 179 Å². The number of nitrogens with zero attached hydrogens (tertiary/aromatic N) is 2. The lowest BCUT2D eigenvalue weighted by atomic mass is 9.68. The van der Waals surface area contributed by atoms with Crippen LogP contribution in [0.25, 0.3) is 0 Å². The largest absolute Gasteiger partial charge is 0.462 e. The molecule has 0 spiro atoms. The van der Waals surface area contributed by atoms with Gasteiger partial charge in [-0.1, -0.05) is 40.5 Å². The summed E-state index contributed by atoms with van der Waals surface area (Å²) >= 11 is 0. The fourth-order valence-electron chi connectivity index (χ4n) is 7.51. The van der Waals surface area contributed by atoms with Crippen molar-refractivity contribution in [3.63, 3.8) is 0 Å². The summed E-state index contributed by atoms with van der Waals surface area (Å²) in [5.41, 5.74) is -1.03. The third-order valence-electron chi connectivity index (χ3n) is 10.0. The number of benzene rings is 2. The van der Waals surface area contributed by atoms with E-state index in [9.17, 15) is 40.0 Å². The molecule has 4 rings (SSSR count). The Hall–Kier alpha value is -3.90. The first-order valence-electron chi connectivity index (χ1n) is 16.7. The molecule has 2 saturated carbocycles. The molecule has 2 N–H and O–H groups in total. The molecule has 0 aromatic heterocycles. The molecule has 2 aliphatic rings. The summed E-state index contributed by atoms with van der Waals surface area (Å²) in [7, 11) is 0. The molecular formula is C36H50N2O10. The molecule has 12 heteroatoms. The van der Waals surface area contributed by atoms with E-state index in [2.05, 4.69) is 13.8 Å². The third-order valence-corrected chi connectivity index (χ3v) is 10.0. The summed E-state index contributed by atoms with van der Waals surface area (Å²) in [6.07, 6.45) is 5.51. The number of rotatable bonds is 10. The first-order valence-corrected chi connectivity index (χ1v) is 16.7. The number of nitro benzene ring substituents is 2. The lowest BCUT2D eigenvalue weighted by Gasteiger charge is -2.43. The average Bonchev–Trinajstić information content (AvgIpc) is 3.01. The number of ether oxygens (including phenoxy) is 2. The summed E-state index contributed by atoms with van der Waals surface area (Å²) in [6.45, 7) is 12.4. The van der Waals surface area contributed by atoms with E-state index in [0.717, 1.165) is 38.5 Å². The van der Waals surface area contributed by atoms with Crippen LogP contribution in [-0.4, -0.2) is 56.4 Å². The number of hydrogen-bond donors (Lipinski definition) is 2. The van der Waals surface area contributed by atoms with Crippen molar-refractivity contribution in [2.24, 2.45) is 35.5 Å². The average molecular weight is 671 g/mol. The zero-order valence-corrected chi connectivity index (χ0v) is 28.8. The van der Waals surface area contributed by atoms with Gasteiger partial charge in [-0.25, -0.2) is 9.59 Å². The van der Waals surface area contributed by atoms with Gasteiger partial charge >= 0.3 is 11.9 Å². The van der Waals surface area contributed by atoms with Crippen molar-refractivity contribution < 1.29 is 39.1 Å². The Kier molecular flexibility index (Phi) is 13.2. The Morgan fingerprint density at radius 3 is 1.29 bits per heavy atom. The van der Waals surface area contributed by atoms with E-state index in [1.165, 1.54) is 48.5 Å². The molecule has 2 aromatic carbocycles. The maximum absolute atomic E-state index is 12.1. The molecule has 264 valence electrons. The van der Waals surface area contributed by atoms with Gasteiger partial charge in [-0.2, -0.15) is 0 Å². The second kappa shape index (κ2) is 16.5. The van der Waals surface area contributed by atoms with Gasteiger partial charge in [0.25, 0.3) is 11.4 Å². The summed E-state index contributed by atoms with van der Waals surface area (Å²) in [5, 5.41) is 42.5. The van der Waals surface area contributed by atoms with Gasteiger partial charge in [0.1, 0.15) is 0 Å². The van der Waals surface area contributed by atoms with Crippen molar-refractivity contribution in [1.29, 1.82) is 0 Å². The van der Waals surface area contributed by atoms with Crippen LogP contribution < -0.4 is 0 Å². The fraction of sp³-hybridized carbons (Fsp3) is 0.611. The minimum Gasteiger partial charge on any atom is -0.462 e. The minimum absolute atomic E-state index is 0.0505. The van der Waals surface area contributed by atoms with E-state index in [1.807, 2.05) is 27.7 Å². The maximum atomic E-state index is 12.1. The van der Waals surface area contributed by atoms with Crippen LogP contribution >= 0.6 is 0 Å². The Bertz CT molecular complexity index is 1300. The van der Waals surface area contributed by atoms with Crippen LogP contribution in [0.3, 0.4) is 0 Å². The number of carbonyl (C=O) groups is 2. The standard InChI is InChI=1S/2C18H25NO5/c2*1-12-4-9-16(18(3,21)10-12)13(2)11-24-17(20)14-5-7-15(8-6-14)19(22)23/h2*5-8,12-13,16,21H,4,9-11H2,1-3H3/t2*12-,13+,16+,18+/m11/s1. The van der Waals surface area contributed by atoms with Gasteiger partial charge in [-0.05, 0) is 99.3 Å². The van der Waals surface area contributed by atoms with E-state index in [0.29, 0.717) is 11.8 Å². The van der Waals surface area contributed by atoms with Crippen LogP contribution in [0.2, 0.25) is 0 Å². The Morgan fingerprint density at radius 1 is 0.708 bits per heavy atom. The van der Waals surface area contributed by atoms with Crippen molar-refractivity contribution >= 4 is 23.3 Å². The fourth-order valence-corrected chi connectivity index (χ4v) is 7.51. The van der Waals surface area contributed by atoms with Crippen molar-refractivity contribution in [1.82, 2.24) is 0 Å². The van der Waals surface area contributed by atoms with Crippen LogP contribution in [0, 0.1) is 55.7 Å². The van der Waals surface area contributed by atoms with E-state index in [4.69, 9.17) is 9.47 Å². The number of nitro groups is 2. The molecule has 2 fully saturated rings. The highest BCUT2D eigenvalue weighted by Crippen LogP contribution is 2.42. The molecular weight excluding hydrogens is 620 g/mol. The van der Waals surface area contributed by atoms with Gasteiger partial charge in [0.15, 0.2) is 0 Å². The van der Waals surface area contributed by atoms with E-state index in [-0.39, 0.29) is 59.4 Å². The van der Waals surface area contributed by atoms with E-state index >= 15 is 0 Å². The Balaban J connectivity index is 0.000000260. The molecule has 0 heterocycles. The number of esters is 2. The zero-order chi connectivity index (χ0) is 35.8. The highest BCUT2D eigenvalue weighted by Gasteiger charge is 2.41. The molecule has 0 aliphatic heterocycles. The van der Waals surface area contributed by atoms with Crippen LogP contribution in [0.4, 0.5) is 11.4 Å². The van der Waals surface area contributed by atoms with Gasteiger partial charge in [-0.15, -0.1) is 0 Å². The van der Waals surface area contributed by atoms with Crippen LogP contribution in [0.5, 0.6) is 0 Å². The smallest absolute Gasteiger partial charge is 0.338 e. The highest BCUT2D eigenvalue weighted by molar-refractivity contribution is 5.90. The molecule has 0 radical (unpaired) electrons. The van der Waals surface area contributed by atoms with Crippen molar-refractivity contribution in [3.8, 4) is 0 Å². The normalized spacial score (nSPS) is 28.2. The molecule has 0 saturated heterocycles. The van der Waals surface area contributed by atoms with E-state index < -0.39 is 33.0 Å². The summed E-state index contributed by atoms with van der Waals surface area (Å²) in [4.78, 5) is 44.4. The zero-order valence-electron chi connectivity index (χ0n) is 28.8. The minimum atomic E-state index is -0.739. The summed E-state index contributed by atoms with van der Waals surface area (Å²) < 4.78 is 10.7. The summed E-state index contributed by atoms with van der Waals surface area (Å²) in [5.74, 6) is 0.305. The molecule has 12 nitrogen and oxygen atoms in total. The maximum Gasteiger partial charge on any atom is 0.338 e. The first-order chi connectivity index (χ1) is 22.4. The monoisotopic (exact) mass is 670 g/mol. The van der Waals surface area contributed by atoms with Gasteiger partial charge in [0.2, 0.25) is 0 Å². The summed E-state index contributed by atoms with van der Waals surface area (Å²) in [6, 6.07) is 10.7. The molecule has 0 bridgehead atoms. The van der Waals surface area contributed by atoms with Gasteiger partial charge < -0.3 is 19.7 Å². The number of non-ortho nitro benzene ring substituents is 2. The lowest BCUT2D eigenvalue weighted by molar-refractivity contribution is -0.385. The van der Waals surface area contributed by atoms with Gasteiger partial charge in [-0.3, -0.25) is 20.2 Å². The quantitative estimate of drug-likeness (QED) is 0.150. The Labute approximate surface area is 282 Å². The van der Waals surface area contributed by atoms with Crippen molar-refractivity contribution in [2.45, 2.75) is 91.3 Å². The third kappa shape index (κ3) is 10.6.